The SMILES string of the molecule is CCOC[C@@H](O)C(=O)OCC. The Morgan fingerprint density at radius 1 is 1.45 bits per heavy atom. The van der Waals surface area contributed by atoms with Crippen molar-refractivity contribution >= 4 is 5.97 Å². The van der Waals surface area contributed by atoms with E-state index in [2.05, 4.69) is 4.74 Å². The number of carbonyl (C=O) groups excluding carboxylic acids is 1. The fraction of sp³-hybridized carbons (Fsp3) is 0.857. The first kappa shape index (κ1) is 10.4. The summed E-state index contributed by atoms with van der Waals surface area (Å²) in [6.45, 7) is 4.25. The van der Waals surface area contributed by atoms with Crippen LogP contribution < -0.4 is 0 Å². The maximum Gasteiger partial charge on any atom is 0.337 e. The monoisotopic (exact) mass is 162 g/mol. The Hall–Kier alpha value is -0.610. The molecule has 11 heavy (non-hydrogen) atoms. The van der Waals surface area contributed by atoms with Crippen molar-refractivity contribution in [3.8, 4) is 0 Å². The maximum absolute atomic E-state index is 10.7. The normalized spacial score (nSPS) is 12.6. The van der Waals surface area contributed by atoms with Gasteiger partial charge < -0.3 is 14.6 Å². The van der Waals surface area contributed by atoms with Gasteiger partial charge in [-0.15, -0.1) is 0 Å². The molecule has 0 aromatic carbocycles. The number of rotatable bonds is 5. The van der Waals surface area contributed by atoms with Crippen molar-refractivity contribution in [2.75, 3.05) is 19.8 Å². The fourth-order valence-electron chi connectivity index (χ4n) is 0.536. The molecule has 0 radical (unpaired) electrons. The lowest BCUT2D eigenvalue weighted by Crippen LogP contribution is -2.27. The average Bonchev–Trinajstić information content (AvgIpc) is 2.00. The van der Waals surface area contributed by atoms with Crippen LogP contribution in [0.1, 0.15) is 13.8 Å². The first-order valence-corrected chi connectivity index (χ1v) is 3.64. The van der Waals surface area contributed by atoms with Crippen LogP contribution in [0.25, 0.3) is 0 Å². The summed E-state index contributed by atoms with van der Waals surface area (Å²) in [6, 6.07) is 0. The molecule has 0 heterocycles. The predicted octanol–water partition coefficient (Wildman–Crippen LogP) is -0.0531. The van der Waals surface area contributed by atoms with Gasteiger partial charge in [0, 0.05) is 6.61 Å². The summed E-state index contributed by atoms with van der Waals surface area (Å²) in [7, 11) is 0. The Bertz CT molecular complexity index is 113. The van der Waals surface area contributed by atoms with E-state index in [0.29, 0.717) is 6.61 Å². The smallest absolute Gasteiger partial charge is 0.337 e. The number of aliphatic hydroxyl groups excluding tert-OH is 1. The van der Waals surface area contributed by atoms with Gasteiger partial charge in [-0.1, -0.05) is 0 Å². The van der Waals surface area contributed by atoms with Gasteiger partial charge in [0.1, 0.15) is 0 Å². The largest absolute Gasteiger partial charge is 0.464 e. The molecule has 4 nitrogen and oxygen atoms in total. The lowest BCUT2D eigenvalue weighted by Gasteiger charge is -2.08. The zero-order valence-corrected chi connectivity index (χ0v) is 6.87. The molecule has 4 heteroatoms. The Morgan fingerprint density at radius 2 is 2.09 bits per heavy atom. The molecule has 0 aromatic rings. The third-order valence-corrected chi connectivity index (χ3v) is 1.04. The zero-order chi connectivity index (χ0) is 8.69. The molecule has 0 rings (SSSR count). The number of esters is 1. The maximum atomic E-state index is 10.7. The summed E-state index contributed by atoms with van der Waals surface area (Å²) >= 11 is 0. The molecule has 0 fully saturated rings. The molecular formula is C7H14O4. The topological polar surface area (TPSA) is 55.8 Å². The first-order chi connectivity index (χ1) is 5.22. The highest BCUT2D eigenvalue weighted by molar-refractivity contribution is 5.74. The van der Waals surface area contributed by atoms with E-state index in [-0.39, 0.29) is 13.2 Å². The lowest BCUT2D eigenvalue weighted by molar-refractivity contribution is -0.156. The first-order valence-electron chi connectivity index (χ1n) is 3.64. The molecule has 66 valence electrons. The Morgan fingerprint density at radius 3 is 2.55 bits per heavy atom. The molecule has 1 N–H and O–H groups in total. The number of aliphatic hydroxyl groups is 1. The van der Waals surface area contributed by atoms with Gasteiger partial charge in [-0.3, -0.25) is 0 Å². The van der Waals surface area contributed by atoms with Gasteiger partial charge >= 0.3 is 5.97 Å². The highest BCUT2D eigenvalue weighted by Crippen LogP contribution is 1.89. The average molecular weight is 162 g/mol. The fourth-order valence-corrected chi connectivity index (χ4v) is 0.536. The molecule has 0 unspecified atom stereocenters. The minimum atomic E-state index is -1.14. The number of hydrogen-bond donors (Lipinski definition) is 1. The summed E-state index contributed by atoms with van der Waals surface area (Å²) in [5.74, 6) is -0.624. The second-order valence-electron chi connectivity index (χ2n) is 1.93. The van der Waals surface area contributed by atoms with E-state index < -0.39 is 12.1 Å². The molecule has 0 saturated heterocycles. The van der Waals surface area contributed by atoms with Crippen LogP contribution in [0.15, 0.2) is 0 Å². The van der Waals surface area contributed by atoms with Gasteiger partial charge in [0.25, 0.3) is 0 Å². The molecule has 0 bridgehead atoms. The number of ether oxygens (including phenoxy) is 2. The van der Waals surface area contributed by atoms with E-state index in [4.69, 9.17) is 9.84 Å². The standard InChI is InChI=1S/C7H14O4/c1-3-10-5-6(8)7(9)11-4-2/h6,8H,3-5H2,1-2H3/t6-/m1/s1. The van der Waals surface area contributed by atoms with E-state index >= 15 is 0 Å². The highest BCUT2D eigenvalue weighted by atomic mass is 16.6. The Kier molecular flexibility index (Phi) is 5.78. The number of carbonyl (C=O) groups is 1. The van der Waals surface area contributed by atoms with Gasteiger partial charge in [-0.05, 0) is 13.8 Å². The predicted molar refractivity (Wildman–Crippen MR) is 39.1 cm³/mol. The number of hydrogen-bond acceptors (Lipinski definition) is 4. The summed E-state index contributed by atoms with van der Waals surface area (Å²) in [6.07, 6.45) is -1.14. The van der Waals surface area contributed by atoms with Crippen LogP contribution >= 0.6 is 0 Å². The van der Waals surface area contributed by atoms with Crippen LogP contribution in [-0.2, 0) is 14.3 Å². The van der Waals surface area contributed by atoms with Crippen LogP contribution in [0.5, 0.6) is 0 Å². The zero-order valence-electron chi connectivity index (χ0n) is 6.87. The van der Waals surface area contributed by atoms with Crippen molar-refractivity contribution in [3.63, 3.8) is 0 Å². The van der Waals surface area contributed by atoms with E-state index in [0.717, 1.165) is 0 Å². The van der Waals surface area contributed by atoms with E-state index in [1.54, 1.807) is 13.8 Å². The van der Waals surface area contributed by atoms with Gasteiger partial charge in [0.05, 0.1) is 13.2 Å². The minimum Gasteiger partial charge on any atom is -0.464 e. The van der Waals surface area contributed by atoms with Crippen LogP contribution in [0.3, 0.4) is 0 Å². The summed E-state index contributed by atoms with van der Waals surface area (Å²) < 4.78 is 9.34. The summed E-state index contributed by atoms with van der Waals surface area (Å²) in [4.78, 5) is 10.7. The van der Waals surface area contributed by atoms with Crippen molar-refractivity contribution in [2.24, 2.45) is 0 Å². The molecule has 0 aliphatic rings. The Labute approximate surface area is 66.1 Å². The van der Waals surface area contributed by atoms with E-state index in [1.807, 2.05) is 0 Å². The van der Waals surface area contributed by atoms with Crippen molar-refractivity contribution in [1.82, 2.24) is 0 Å². The Balaban J connectivity index is 3.46. The van der Waals surface area contributed by atoms with Crippen LogP contribution in [0, 0.1) is 0 Å². The second kappa shape index (κ2) is 6.12. The van der Waals surface area contributed by atoms with Crippen LogP contribution in [0.2, 0.25) is 0 Å². The van der Waals surface area contributed by atoms with Gasteiger partial charge in [-0.25, -0.2) is 4.79 Å². The van der Waals surface area contributed by atoms with Gasteiger partial charge in [-0.2, -0.15) is 0 Å². The second-order valence-corrected chi connectivity index (χ2v) is 1.93. The van der Waals surface area contributed by atoms with Crippen molar-refractivity contribution < 1.29 is 19.4 Å². The van der Waals surface area contributed by atoms with Gasteiger partial charge in [0.2, 0.25) is 0 Å². The molecule has 0 saturated carbocycles. The van der Waals surface area contributed by atoms with Crippen LogP contribution in [0.4, 0.5) is 0 Å². The van der Waals surface area contributed by atoms with E-state index in [9.17, 15) is 4.79 Å². The summed E-state index contributed by atoms with van der Waals surface area (Å²) in [5, 5.41) is 8.98. The molecular weight excluding hydrogens is 148 g/mol. The summed E-state index contributed by atoms with van der Waals surface area (Å²) in [5.41, 5.74) is 0. The van der Waals surface area contributed by atoms with Crippen molar-refractivity contribution in [1.29, 1.82) is 0 Å². The van der Waals surface area contributed by atoms with Crippen molar-refractivity contribution in [3.05, 3.63) is 0 Å². The van der Waals surface area contributed by atoms with Gasteiger partial charge in [0.15, 0.2) is 6.10 Å². The molecule has 0 aromatic heterocycles. The van der Waals surface area contributed by atoms with Crippen LogP contribution in [-0.4, -0.2) is 37.0 Å². The molecule has 1 atom stereocenters. The molecule has 0 aliphatic heterocycles. The van der Waals surface area contributed by atoms with E-state index in [1.165, 1.54) is 0 Å². The lowest BCUT2D eigenvalue weighted by atomic mass is 10.4. The third-order valence-electron chi connectivity index (χ3n) is 1.04. The quantitative estimate of drug-likeness (QED) is 0.576. The van der Waals surface area contributed by atoms with Crippen molar-refractivity contribution in [2.45, 2.75) is 20.0 Å². The molecule has 0 aliphatic carbocycles. The molecule has 0 amide bonds. The minimum absolute atomic E-state index is 0.00926. The third kappa shape index (κ3) is 4.75. The molecule has 0 spiro atoms. The highest BCUT2D eigenvalue weighted by Gasteiger charge is 2.15.